The molecule has 0 bridgehead atoms. The van der Waals surface area contributed by atoms with E-state index in [0.717, 1.165) is 24.9 Å². The molecule has 0 unspecified atom stereocenters. The minimum atomic E-state index is -0.0390. The molecule has 2 rings (SSSR count). The summed E-state index contributed by atoms with van der Waals surface area (Å²) >= 11 is 0. The topological polar surface area (TPSA) is 70.2 Å². The summed E-state index contributed by atoms with van der Waals surface area (Å²) in [6.45, 7) is 3.91. The van der Waals surface area contributed by atoms with Gasteiger partial charge in [-0.2, -0.15) is 0 Å². The van der Waals surface area contributed by atoms with Crippen molar-refractivity contribution in [1.29, 1.82) is 0 Å². The molecular weight excluding hydrogens is 314 g/mol. The van der Waals surface area contributed by atoms with E-state index in [-0.39, 0.29) is 30.1 Å². The molecule has 2 amide bonds. The van der Waals surface area contributed by atoms with E-state index in [9.17, 15) is 9.59 Å². The number of carbonyl (C=O) groups is 2. The van der Waals surface area contributed by atoms with Gasteiger partial charge in [-0.3, -0.25) is 9.59 Å². The molecule has 1 aromatic rings. The molecule has 0 spiro atoms. The molecule has 1 aliphatic heterocycles. The van der Waals surface area contributed by atoms with Crippen LogP contribution in [-0.2, 0) is 16.1 Å². The van der Waals surface area contributed by atoms with Crippen molar-refractivity contribution in [3.05, 3.63) is 35.9 Å². The number of rotatable bonds is 6. The maximum atomic E-state index is 12.0. The van der Waals surface area contributed by atoms with Crippen LogP contribution in [0.15, 0.2) is 30.3 Å². The van der Waals surface area contributed by atoms with Gasteiger partial charge in [0.25, 0.3) is 0 Å². The highest BCUT2D eigenvalue weighted by molar-refractivity contribution is 5.85. The molecule has 5 nitrogen and oxygen atoms in total. The lowest BCUT2D eigenvalue weighted by molar-refractivity contribution is -0.126. The summed E-state index contributed by atoms with van der Waals surface area (Å²) in [5.41, 5.74) is 1.07. The van der Waals surface area contributed by atoms with Gasteiger partial charge in [0.15, 0.2) is 0 Å². The fraction of sp³-hybridized carbons (Fsp3) is 0.529. The molecule has 1 saturated heterocycles. The van der Waals surface area contributed by atoms with Crippen LogP contribution in [0.2, 0.25) is 0 Å². The lowest BCUT2D eigenvalue weighted by Crippen LogP contribution is -2.43. The Morgan fingerprint density at radius 2 is 1.96 bits per heavy atom. The summed E-state index contributed by atoms with van der Waals surface area (Å²) in [6, 6.07) is 10.2. The molecule has 128 valence electrons. The Balaban J connectivity index is 0.00000264. The van der Waals surface area contributed by atoms with Crippen molar-refractivity contribution in [2.75, 3.05) is 13.1 Å². The van der Waals surface area contributed by atoms with Crippen LogP contribution in [0, 0.1) is 5.92 Å². The normalized spacial score (nSPS) is 20.2. The van der Waals surface area contributed by atoms with E-state index in [2.05, 4.69) is 22.9 Å². The Morgan fingerprint density at radius 3 is 2.65 bits per heavy atom. The maximum absolute atomic E-state index is 12.0. The van der Waals surface area contributed by atoms with Crippen molar-refractivity contribution in [3.63, 3.8) is 0 Å². The summed E-state index contributed by atoms with van der Waals surface area (Å²) < 4.78 is 0. The zero-order valence-corrected chi connectivity index (χ0v) is 14.3. The molecular formula is C17H26ClN3O2. The Kier molecular flexibility index (Phi) is 8.66. The highest BCUT2D eigenvalue weighted by Gasteiger charge is 2.24. The van der Waals surface area contributed by atoms with Gasteiger partial charge in [0.1, 0.15) is 0 Å². The Morgan fingerprint density at radius 1 is 1.22 bits per heavy atom. The number of piperidine rings is 1. The van der Waals surface area contributed by atoms with E-state index in [1.165, 1.54) is 0 Å². The summed E-state index contributed by atoms with van der Waals surface area (Å²) in [5.74, 6) is 0.107. The molecule has 2 atom stereocenters. The van der Waals surface area contributed by atoms with Crippen LogP contribution < -0.4 is 16.0 Å². The Bertz CT molecular complexity index is 496. The van der Waals surface area contributed by atoms with Crippen molar-refractivity contribution >= 4 is 24.2 Å². The van der Waals surface area contributed by atoms with Gasteiger partial charge in [-0.05, 0) is 31.9 Å². The van der Waals surface area contributed by atoms with Crippen LogP contribution in [0.1, 0.15) is 31.7 Å². The summed E-state index contributed by atoms with van der Waals surface area (Å²) in [4.78, 5) is 23.8. The number of carbonyl (C=O) groups excluding carboxylic acids is 2. The zero-order valence-electron chi connectivity index (χ0n) is 13.5. The van der Waals surface area contributed by atoms with Crippen LogP contribution in [0.5, 0.6) is 0 Å². The average molecular weight is 340 g/mol. The molecule has 1 fully saturated rings. The number of benzene rings is 1. The third-order valence-corrected chi connectivity index (χ3v) is 3.98. The minimum absolute atomic E-state index is 0. The fourth-order valence-corrected chi connectivity index (χ4v) is 2.70. The summed E-state index contributed by atoms with van der Waals surface area (Å²) in [5, 5.41) is 9.06. The molecule has 1 heterocycles. The zero-order chi connectivity index (χ0) is 15.8. The second-order valence-corrected chi connectivity index (χ2v) is 5.88. The molecule has 0 saturated carbocycles. The van der Waals surface area contributed by atoms with Crippen molar-refractivity contribution in [2.24, 2.45) is 5.92 Å². The molecule has 3 N–H and O–H groups in total. The molecule has 6 heteroatoms. The number of hydrogen-bond acceptors (Lipinski definition) is 3. The highest BCUT2D eigenvalue weighted by atomic mass is 35.5. The van der Waals surface area contributed by atoms with Gasteiger partial charge >= 0.3 is 0 Å². The van der Waals surface area contributed by atoms with Crippen molar-refractivity contribution in [3.8, 4) is 0 Å². The van der Waals surface area contributed by atoms with Crippen LogP contribution in [0.3, 0.4) is 0 Å². The molecule has 0 aromatic heterocycles. The second-order valence-electron chi connectivity index (χ2n) is 5.88. The van der Waals surface area contributed by atoms with Gasteiger partial charge in [0.05, 0.1) is 0 Å². The van der Waals surface area contributed by atoms with Crippen LogP contribution in [0.4, 0.5) is 0 Å². The van der Waals surface area contributed by atoms with Crippen LogP contribution >= 0.6 is 12.4 Å². The lowest BCUT2D eigenvalue weighted by atomic mass is 9.92. The van der Waals surface area contributed by atoms with Gasteiger partial charge in [0, 0.05) is 31.5 Å². The Hall–Kier alpha value is -1.59. The maximum Gasteiger partial charge on any atom is 0.223 e. The quantitative estimate of drug-likeness (QED) is 0.737. The number of nitrogens with one attached hydrogen (secondary N) is 3. The molecule has 23 heavy (non-hydrogen) atoms. The average Bonchev–Trinajstić information content (AvgIpc) is 2.54. The van der Waals surface area contributed by atoms with Crippen molar-refractivity contribution < 1.29 is 9.59 Å². The minimum Gasteiger partial charge on any atom is -0.355 e. The van der Waals surface area contributed by atoms with Crippen molar-refractivity contribution in [1.82, 2.24) is 16.0 Å². The van der Waals surface area contributed by atoms with E-state index in [1.54, 1.807) is 0 Å². The number of amides is 2. The van der Waals surface area contributed by atoms with Gasteiger partial charge in [0.2, 0.25) is 11.8 Å². The van der Waals surface area contributed by atoms with E-state index in [4.69, 9.17) is 0 Å². The first kappa shape index (κ1) is 19.5. The van der Waals surface area contributed by atoms with E-state index >= 15 is 0 Å². The third-order valence-electron chi connectivity index (χ3n) is 3.98. The largest absolute Gasteiger partial charge is 0.355 e. The van der Waals surface area contributed by atoms with Crippen LogP contribution in [-0.4, -0.2) is 30.9 Å². The van der Waals surface area contributed by atoms with Crippen LogP contribution in [0.25, 0.3) is 0 Å². The van der Waals surface area contributed by atoms with Gasteiger partial charge < -0.3 is 16.0 Å². The first-order valence-corrected chi connectivity index (χ1v) is 7.97. The monoisotopic (exact) mass is 339 g/mol. The number of hydrogen-bond donors (Lipinski definition) is 3. The first-order valence-electron chi connectivity index (χ1n) is 7.97. The second kappa shape index (κ2) is 10.2. The SMILES string of the molecule is C[C@H]1C[C@@H](C(=O)NCCC(=O)NCc2ccccc2)CCN1.Cl. The van der Waals surface area contributed by atoms with E-state index in [1.807, 2.05) is 30.3 Å². The van der Waals surface area contributed by atoms with Crippen molar-refractivity contribution in [2.45, 2.75) is 38.8 Å². The molecule has 1 aliphatic rings. The number of halogens is 1. The van der Waals surface area contributed by atoms with Gasteiger partial charge in [-0.15, -0.1) is 12.4 Å². The predicted molar refractivity (Wildman–Crippen MR) is 93.4 cm³/mol. The lowest BCUT2D eigenvalue weighted by Gasteiger charge is -2.27. The predicted octanol–water partition coefficient (Wildman–Crippen LogP) is 1.62. The highest BCUT2D eigenvalue weighted by Crippen LogP contribution is 2.15. The van der Waals surface area contributed by atoms with Gasteiger partial charge in [-0.25, -0.2) is 0 Å². The molecule has 1 aromatic carbocycles. The summed E-state index contributed by atoms with van der Waals surface area (Å²) in [6.07, 6.45) is 2.06. The third kappa shape index (κ3) is 7.01. The van der Waals surface area contributed by atoms with E-state index < -0.39 is 0 Å². The van der Waals surface area contributed by atoms with E-state index in [0.29, 0.717) is 25.6 Å². The summed E-state index contributed by atoms with van der Waals surface area (Å²) in [7, 11) is 0. The smallest absolute Gasteiger partial charge is 0.223 e. The first-order chi connectivity index (χ1) is 10.6. The molecule has 0 aliphatic carbocycles. The Labute approximate surface area is 144 Å². The fourth-order valence-electron chi connectivity index (χ4n) is 2.70. The standard InChI is InChI=1S/C17H25N3O2.ClH/c1-13-11-15(7-9-18-13)17(22)19-10-8-16(21)20-12-14-5-3-2-4-6-14;/h2-6,13,15,18H,7-12H2,1H3,(H,19,22)(H,20,21);1H/t13-,15-;/m0./s1. The van der Waals surface area contributed by atoms with Gasteiger partial charge in [-0.1, -0.05) is 30.3 Å². The molecule has 0 radical (unpaired) electrons.